The highest BCUT2D eigenvalue weighted by molar-refractivity contribution is 6.08. The van der Waals surface area contributed by atoms with Gasteiger partial charge in [-0.2, -0.15) is 5.10 Å². The first-order chi connectivity index (χ1) is 13.0. The van der Waals surface area contributed by atoms with Gasteiger partial charge >= 0.3 is 0 Å². The maximum absolute atomic E-state index is 12.7. The molecule has 0 aliphatic carbocycles. The molecule has 2 aromatic carbocycles. The minimum absolute atomic E-state index is 0.0242. The van der Waals surface area contributed by atoms with Crippen LogP contribution in [0.5, 0.6) is 0 Å². The van der Waals surface area contributed by atoms with E-state index in [0.29, 0.717) is 12.4 Å². The van der Waals surface area contributed by atoms with Crippen LogP contribution in [0.2, 0.25) is 0 Å². The molecule has 1 atom stereocenters. The van der Waals surface area contributed by atoms with Gasteiger partial charge in [0.15, 0.2) is 0 Å². The topological polar surface area (TPSA) is 67.2 Å². The molecular weight excluding hydrogens is 340 g/mol. The van der Waals surface area contributed by atoms with Gasteiger partial charge in [-0.25, -0.2) is 4.68 Å². The van der Waals surface area contributed by atoms with E-state index >= 15 is 0 Å². The molecule has 0 bridgehead atoms. The summed E-state index contributed by atoms with van der Waals surface area (Å²) in [6.07, 6.45) is 1.88. The van der Waals surface area contributed by atoms with Crippen LogP contribution in [0.15, 0.2) is 54.7 Å². The van der Waals surface area contributed by atoms with Gasteiger partial charge in [0.2, 0.25) is 11.8 Å². The first-order valence-corrected chi connectivity index (χ1v) is 9.17. The quantitative estimate of drug-likeness (QED) is 0.771. The molecule has 1 N–H and O–H groups in total. The summed E-state index contributed by atoms with van der Waals surface area (Å²) in [5.41, 5.74) is 0.862. The van der Waals surface area contributed by atoms with Gasteiger partial charge in [0, 0.05) is 30.5 Å². The van der Waals surface area contributed by atoms with Gasteiger partial charge in [0.05, 0.1) is 17.8 Å². The van der Waals surface area contributed by atoms with Gasteiger partial charge < -0.3 is 10.2 Å². The van der Waals surface area contributed by atoms with Crippen molar-refractivity contribution in [2.75, 3.05) is 16.8 Å². The molecule has 1 saturated heterocycles. The number of amides is 2. The zero-order valence-corrected chi connectivity index (χ0v) is 15.4. The van der Waals surface area contributed by atoms with Crippen molar-refractivity contribution >= 4 is 34.1 Å². The highest BCUT2D eigenvalue weighted by atomic mass is 16.2. The Morgan fingerprint density at radius 3 is 2.74 bits per heavy atom. The van der Waals surface area contributed by atoms with E-state index in [-0.39, 0.29) is 30.2 Å². The zero-order valence-electron chi connectivity index (χ0n) is 15.4. The van der Waals surface area contributed by atoms with Crippen molar-refractivity contribution in [2.45, 2.75) is 26.3 Å². The smallest absolute Gasteiger partial charge is 0.230 e. The van der Waals surface area contributed by atoms with Crippen LogP contribution in [0.1, 0.15) is 26.3 Å². The van der Waals surface area contributed by atoms with Crippen molar-refractivity contribution in [2.24, 2.45) is 5.92 Å². The van der Waals surface area contributed by atoms with Gasteiger partial charge in [-0.3, -0.25) is 9.59 Å². The molecule has 1 aromatic heterocycles. The summed E-state index contributed by atoms with van der Waals surface area (Å²) in [5, 5.41) is 9.26. The standard InChI is InChI=1S/C21H22N4O2/c1-14(2)25-19(10-11-22-25)23-21(27)16-12-20(26)24(13-16)18-9-5-7-15-6-3-4-8-17(15)18/h3-11,14,16H,12-13H2,1-2H3,(H,23,27). The number of anilines is 2. The van der Waals surface area contributed by atoms with Gasteiger partial charge in [-0.15, -0.1) is 0 Å². The largest absolute Gasteiger partial charge is 0.311 e. The van der Waals surface area contributed by atoms with Crippen molar-refractivity contribution in [1.82, 2.24) is 9.78 Å². The zero-order chi connectivity index (χ0) is 19.0. The lowest BCUT2D eigenvalue weighted by molar-refractivity contribution is -0.122. The Hall–Kier alpha value is -3.15. The number of hydrogen-bond donors (Lipinski definition) is 1. The summed E-state index contributed by atoms with van der Waals surface area (Å²) in [6, 6.07) is 15.8. The van der Waals surface area contributed by atoms with Gasteiger partial charge in [-0.05, 0) is 25.3 Å². The molecule has 27 heavy (non-hydrogen) atoms. The van der Waals surface area contributed by atoms with Crippen molar-refractivity contribution in [3.8, 4) is 0 Å². The Morgan fingerprint density at radius 1 is 1.15 bits per heavy atom. The predicted octanol–water partition coefficient (Wildman–Crippen LogP) is 3.61. The van der Waals surface area contributed by atoms with Gasteiger partial charge in [0.1, 0.15) is 5.82 Å². The van der Waals surface area contributed by atoms with Crippen molar-refractivity contribution in [3.05, 3.63) is 54.7 Å². The second-order valence-electron chi connectivity index (χ2n) is 7.15. The fourth-order valence-electron chi connectivity index (χ4n) is 3.61. The maximum Gasteiger partial charge on any atom is 0.230 e. The number of hydrogen-bond acceptors (Lipinski definition) is 3. The number of carbonyl (C=O) groups excluding carboxylic acids is 2. The lowest BCUT2D eigenvalue weighted by Crippen LogP contribution is -2.29. The molecule has 0 spiro atoms. The molecule has 3 aromatic rings. The molecule has 0 radical (unpaired) electrons. The number of carbonyl (C=O) groups is 2. The van der Waals surface area contributed by atoms with Gasteiger partial charge in [0.25, 0.3) is 0 Å². The molecule has 1 unspecified atom stereocenters. The second kappa shape index (κ2) is 6.87. The van der Waals surface area contributed by atoms with E-state index in [1.54, 1.807) is 21.8 Å². The molecule has 1 aliphatic rings. The van der Waals surface area contributed by atoms with E-state index < -0.39 is 0 Å². The summed E-state index contributed by atoms with van der Waals surface area (Å²) >= 11 is 0. The Kier molecular flexibility index (Phi) is 4.39. The number of fused-ring (bicyclic) bond motifs is 1. The van der Waals surface area contributed by atoms with E-state index in [4.69, 9.17) is 0 Å². The number of aromatic nitrogens is 2. The van der Waals surface area contributed by atoms with E-state index in [1.165, 1.54) is 0 Å². The van der Waals surface area contributed by atoms with Crippen LogP contribution in [0.3, 0.4) is 0 Å². The number of rotatable bonds is 4. The summed E-state index contributed by atoms with van der Waals surface area (Å²) in [6.45, 7) is 4.39. The summed E-state index contributed by atoms with van der Waals surface area (Å²) in [4.78, 5) is 27.1. The maximum atomic E-state index is 12.7. The number of benzene rings is 2. The molecule has 138 valence electrons. The summed E-state index contributed by atoms with van der Waals surface area (Å²) in [7, 11) is 0. The van der Waals surface area contributed by atoms with E-state index in [0.717, 1.165) is 16.5 Å². The normalized spacial score (nSPS) is 17.1. The number of nitrogens with zero attached hydrogens (tertiary/aromatic N) is 3. The van der Waals surface area contributed by atoms with Crippen LogP contribution in [-0.4, -0.2) is 28.1 Å². The van der Waals surface area contributed by atoms with Gasteiger partial charge in [-0.1, -0.05) is 36.4 Å². The van der Waals surface area contributed by atoms with Crippen LogP contribution in [0, 0.1) is 5.92 Å². The highest BCUT2D eigenvalue weighted by Gasteiger charge is 2.36. The van der Waals surface area contributed by atoms with Crippen LogP contribution in [0.25, 0.3) is 10.8 Å². The fourth-order valence-corrected chi connectivity index (χ4v) is 3.61. The second-order valence-corrected chi connectivity index (χ2v) is 7.15. The Labute approximate surface area is 157 Å². The third-order valence-electron chi connectivity index (χ3n) is 4.96. The Morgan fingerprint density at radius 2 is 1.93 bits per heavy atom. The minimum Gasteiger partial charge on any atom is -0.311 e. The summed E-state index contributed by atoms with van der Waals surface area (Å²) in [5.74, 6) is 0.107. The first-order valence-electron chi connectivity index (χ1n) is 9.17. The first kappa shape index (κ1) is 17.3. The Balaban J connectivity index is 1.55. The third kappa shape index (κ3) is 3.18. The highest BCUT2D eigenvalue weighted by Crippen LogP contribution is 2.32. The molecule has 1 aliphatic heterocycles. The molecule has 2 heterocycles. The van der Waals surface area contributed by atoms with Crippen LogP contribution in [-0.2, 0) is 9.59 Å². The molecule has 6 nitrogen and oxygen atoms in total. The molecular formula is C21H22N4O2. The van der Waals surface area contributed by atoms with Crippen molar-refractivity contribution in [3.63, 3.8) is 0 Å². The third-order valence-corrected chi connectivity index (χ3v) is 4.96. The monoisotopic (exact) mass is 362 g/mol. The van der Waals surface area contributed by atoms with E-state index in [9.17, 15) is 9.59 Å². The lowest BCUT2D eigenvalue weighted by atomic mass is 10.1. The molecule has 6 heteroatoms. The summed E-state index contributed by atoms with van der Waals surface area (Å²) < 4.78 is 1.76. The lowest BCUT2D eigenvalue weighted by Gasteiger charge is -2.19. The average Bonchev–Trinajstić information content (AvgIpc) is 3.28. The minimum atomic E-state index is -0.382. The van der Waals surface area contributed by atoms with Crippen LogP contribution in [0.4, 0.5) is 11.5 Å². The molecule has 2 amide bonds. The fraction of sp³-hybridized carbons (Fsp3) is 0.286. The predicted molar refractivity (Wildman–Crippen MR) is 106 cm³/mol. The number of nitrogens with one attached hydrogen (secondary N) is 1. The molecule has 1 fully saturated rings. The Bertz CT molecular complexity index is 1000. The molecule has 0 saturated carbocycles. The van der Waals surface area contributed by atoms with Crippen LogP contribution < -0.4 is 10.2 Å². The van der Waals surface area contributed by atoms with Crippen LogP contribution >= 0.6 is 0 Å². The molecule has 4 rings (SSSR count). The SMILES string of the molecule is CC(C)n1nccc1NC(=O)C1CC(=O)N(c2cccc3ccccc23)C1. The average molecular weight is 362 g/mol. The van der Waals surface area contributed by atoms with Crippen molar-refractivity contribution < 1.29 is 9.59 Å². The van der Waals surface area contributed by atoms with E-state index in [2.05, 4.69) is 10.4 Å². The van der Waals surface area contributed by atoms with E-state index in [1.807, 2.05) is 56.3 Å². The van der Waals surface area contributed by atoms with Crippen molar-refractivity contribution in [1.29, 1.82) is 0 Å².